The zero-order valence-electron chi connectivity index (χ0n) is 15.2. The number of hydrogen-bond acceptors (Lipinski definition) is 4. The largest absolute Gasteiger partial charge is 0.444 e. The molecule has 1 amide bonds. The molecule has 0 atom stereocenters. The van der Waals surface area contributed by atoms with Crippen molar-refractivity contribution in [3.05, 3.63) is 0 Å². The van der Waals surface area contributed by atoms with Crippen LogP contribution in [0.1, 0.15) is 27.2 Å². The lowest BCUT2D eigenvalue weighted by atomic mass is 10.1. The van der Waals surface area contributed by atoms with Crippen LogP contribution in [0.25, 0.3) is 0 Å². The van der Waals surface area contributed by atoms with Gasteiger partial charge in [0.25, 0.3) is 0 Å². The lowest BCUT2D eigenvalue weighted by molar-refractivity contribution is 0.00701. The molecule has 0 unspecified atom stereocenters. The van der Waals surface area contributed by atoms with E-state index in [1.165, 1.54) is 0 Å². The normalized spacial score (nSPS) is 15.8. The van der Waals surface area contributed by atoms with E-state index in [1.807, 2.05) is 20.8 Å². The van der Waals surface area contributed by atoms with Gasteiger partial charge in [0, 0.05) is 26.7 Å². The van der Waals surface area contributed by atoms with E-state index < -0.39 is 5.60 Å². The van der Waals surface area contributed by atoms with Crippen molar-refractivity contribution in [1.29, 1.82) is 0 Å². The first-order valence-corrected chi connectivity index (χ1v) is 7.81. The minimum atomic E-state index is -0.445. The van der Waals surface area contributed by atoms with Crippen LogP contribution in [-0.2, 0) is 4.74 Å². The number of amides is 1. The summed E-state index contributed by atoms with van der Waals surface area (Å²) in [5, 5.41) is 6.60. The molecule has 1 aliphatic rings. The summed E-state index contributed by atoms with van der Waals surface area (Å²) in [6, 6.07) is 0.229. The summed E-state index contributed by atoms with van der Waals surface area (Å²) in [5.74, 6) is 0.785. The van der Waals surface area contributed by atoms with E-state index in [0.717, 1.165) is 25.5 Å². The molecular weight excluding hydrogens is 409 g/mol. The van der Waals surface area contributed by atoms with Crippen molar-refractivity contribution < 1.29 is 9.53 Å². The van der Waals surface area contributed by atoms with Crippen LogP contribution < -0.4 is 10.6 Å². The Labute approximate surface area is 157 Å². The molecular formula is C15H32IN5O2. The Balaban J connectivity index is 0.00000484. The minimum absolute atomic E-state index is 0. The van der Waals surface area contributed by atoms with Gasteiger partial charge in [-0.25, -0.2) is 4.79 Å². The lowest BCUT2D eigenvalue weighted by Crippen LogP contribution is -2.63. The molecule has 2 N–H and O–H groups in total. The Morgan fingerprint density at radius 3 is 2.43 bits per heavy atom. The van der Waals surface area contributed by atoms with Gasteiger partial charge in [0.1, 0.15) is 5.60 Å². The number of carbonyl (C=O) groups excluding carboxylic acids is 1. The van der Waals surface area contributed by atoms with Gasteiger partial charge in [0.05, 0.1) is 6.04 Å². The Kier molecular flexibility index (Phi) is 9.83. The second-order valence-electron chi connectivity index (χ2n) is 6.88. The number of nitrogens with one attached hydrogen (secondary N) is 2. The van der Waals surface area contributed by atoms with Crippen LogP contribution in [0.5, 0.6) is 0 Å². The summed E-state index contributed by atoms with van der Waals surface area (Å²) in [7, 11) is 5.88. The Bertz CT molecular complexity index is 390. The lowest BCUT2D eigenvalue weighted by Gasteiger charge is -2.40. The molecule has 7 nitrogen and oxygen atoms in total. The van der Waals surface area contributed by atoms with E-state index in [2.05, 4.69) is 34.6 Å². The second kappa shape index (κ2) is 10.2. The first-order chi connectivity index (χ1) is 10.2. The van der Waals surface area contributed by atoms with Crippen molar-refractivity contribution in [2.24, 2.45) is 4.99 Å². The molecule has 23 heavy (non-hydrogen) atoms. The highest BCUT2D eigenvalue weighted by molar-refractivity contribution is 14.0. The number of hydrogen-bond donors (Lipinski definition) is 2. The van der Waals surface area contributed by atoms with Crippen LogP contribution >= 0.6 is 24.0 Å². The van der Waals surface area contributed by atoms with E-state index in [0.29, 0.717) is 13.1 Å². The monoisotopic (exact) mass is 441 g/mol. The fourth-order valence-electron chi connectivity index (χ4n) is 2.04. The van der Waals surface area contributed by atoms with Crippen LogP contribution in [0.2, 0.25) is 0 Å². The average Bonchev–Trinajstić information content (AvgIpc) is 2.32. The molecule has 1 aliphatic heterocycles. The van der Waals surface area contributed by atoms with E-state index in [9.17, 15) is 4.79 Å². The van der Waals surface area contributed by atoms with Crippen LogP contribution in [-0.4, -0.2) is 80.8 Å². The molecule has 1 rings (SSSR count). The van der Waals surface area contributed by atoms with Gasteiger partial charge in [0.15, 0.2) is 5.96 Å². The van der Waals surface area contributed by atoms with Crippen molar-refractivity contribution >= 4 is 36.0 Å². The van der Waals surface area contributed by atoms with Crippen LogP contribution in [0.15, 0.2) is 4.99 Å². The number of rotatable bonds is 5. The molecule has 0 aliphatic carbocycles. The maximum absolute atomic E-state index is 11.8. The first-order valence-electron chi connectivity index (χ1n) is 7.81. The van der Waals surface area contributed by atoms with E-state index >= 15 is 0 Å². The molecule has 0 radical (unpaired) electrons. The topological polar surface area (TPSA) is 69.2 Å². The van der Waals surface area contributed by atoms with Crippen molar-refractivity contribution in [2.45, 2.75) is 38.8 Å². The predicted octanol–water partition coefficient (Wildman–Crippen LogP) is 1.34. The van der Waals surface area contributed by atoms with E-state index in [1.54, 1.807) is 11.9 Å². The molecule has 0 saturated carbocycles. The van der Waals surface area contributed by atoms with Gasteiger partial charge >= 0.3 is 6.09 Å². The highest BCUT2D eigenvalue weighted by Gasteiger charge is 2.34. The third kappa shape index (κ3) is 9.19. The van der Waals surface area contributed by atoms with Gasteiger partial charge in [-0.05, 0) is 47.8 Å². The Morgan fingerprint density at radius 1 is 1.35 bits per heavy atom. The third-order valence-corrected chi connectivity index (χ3v) is 3.17. The molecule has 1 saturated heterocycles. The van der Waals surface area contributed by atoms with Crippen molar-refractivity contribution in [3.63, 3.8) is 0 Å². The number of ether oxygens (including phenoxy) is 1. The zero-order chi connectivity index (χ0) is 16.8. The minimum Gasteiger partial charge on any atom is -0.444 e. The molecule has 0 spiro atoms. The van der Waals surface area contributed by atoms with Gasteiger partial charge in [-0.2, -0.15) is 0 Å². The molecule has 1 heterocycles. The number of nitrogens with zero attached hydrogens (tertiary/aromatic N) is 3. The van der Waals surface area contributed by atoms with Crippen LogP contribution in [0.4, 0.5) is 4.79 Å². The van der Waals surface area contributed by atoms with Gasteiger partial charge in [-0.15, -0.1) is 24.0 Å². The van der Waals surface area contributed by atoms with Crippen LogP contribution in [0, 0.1) is 0 Å². The maximum Gasteiger partial charge on any atom is 0.410 e. The molecule has 8 heteroatoms. The van der Waals surface area contributed by atoms with Gasteiger partial charge in [0.2, 0.25) is 0 Å². The third-order valence-electron chi connectivity index (χ3n) is 3.17. The fourth-order valence-corrected chi connectivity index (χ4v) is 2.04. The van der Waals surface area contributed by atoms with Crippen LogP contribution in [0.3, 0.4) is 0 Å². The average molecular weight is 441 g/mol. The standard InChI is InChI=1S/C15H31N5O2.HI/c1-15(2,3)22-14(21)20-10-12(11-20)18-13(16-4)17-8-7-9-19(5)6;/h12H,7-11H2,1-6H3,(H2,16,17,18);1H. The summed E-state index contributed by atoms with van der Waals surface area (Å²) in [4.78, 5) is 19.9. The van der Waals surface area contributed by atoms with Gasteiger partial charge in [-0.3, -0.25) is 4.99 Å². The summed E-state index contributed by atoms with van der Waals surface area (Å²) < 4.78 is 5.33. The van der Waals surface area contributed by atoms with E-state index in [-0.39, 0.29) is 36.1 Å². The Morgan fingerprint density at radius 2 is 1.96 bits per heavy atom. The molecule has 1 fully saturated rings. The molecule has 0 aromatic heterocycles. The van der Waals surface area contributed by atoms with Crippen molar-refractivity contribution in [1.82, 2.24) is 20.4 Å². The zero-order valence-corrected chi connectivity index (χ0v) is 17.5. The molecule has 136 valence electrons. The smallest absolute Gasteiger partial charge is 0.410 e. The number of carbonyl (C=O) groups is 1. The summed E-state index contributed by atoms with van der Waals surface area (Å²) in [6.07, 6.45) is 0.807. The Hall–Kier alpha value is -0.770. The first kappa shape index (κ1) is 22.2. The summed E-state index contributed by atoms with van der Waals surface area (Å²) in [6.45, 7) is 8.83. The molecule has 0 aromatic rings. The number of halogens is 1. The molecule has 0 aromatic carbocycles. The molecule has 0 bridgehead atoms. The predicted molar refractivity (Wildman–Crippen MR) is 105 cm³/mol. The number of aliphatic imine (C=N–C) groups is 1. The maximum atomic E-state index is 11.8. The SMILES string of the molecule is CN=C(NCCCN(C)C)NC1CN(C(=O)OC(C)(C)C)C1.I. The number of likely N-dealkylation sites (tertiary alicyclic amines) is 1. The van der Waals surface area contributed by atoms with Crippen molar-refractivity contribution in [3.8, 4) is 0 Å². The second-order valence-corrected chi connectivity index (χ2v) is 6.88. The fraction of sp³-hybridized carbons (Fsp3) is 0.867. The van der Waals surface area contributed by atoms with E-state index in [4.69, 9.17) is 4.74 Å². The highest BCUT2D eigenvalue weighted by Crippen LogP contribution is 2.15. The summed E-state index contributed by atoms with van der Waals surface area (Å²) in [5.41, 5.74) is -0.445. The summed E-state index contributed by atoms with van der Waals surface area (Å²) >= 11 is 0. The quantitative estimate of drug-likeness (QED) is 0.292. The van der Waals surface area contributed by atoms with Crippen molar-refractivity contribution in [2.75, 3.05) is 47.3 Å². The highest BCUT2D eigenvalue weighted by atomic mass is 127. The number of guanidine groups is 1. The van der Waals surface area contributed by atoms with Gasteiger partial charge < -0.3 is 25.2 Å². The van der Waals surface area contributed by atoms with Gasteiger partial charge in [-0.1, -0.05) is 0 Å².